The third-order valence-corrected chi connectivity index (χ3v) is 6.48. The highest BCUT2D eigenvalue weighted by Gasteiger charge is 2.19. The number of alkyl halides is 1. The maximum atomic E-state index is 13.1. The Morgan fingerprint density at radius 2 is 2.00 bits per heavy atom. The molecule has 30 heavy (non-hydrogen) atoms. The van der Waals surface area contributed by atoms with Crippen LogP contribution in [0.15, 0.2) is 53.7 Å². The van der Waals surface area contributed by atoms with Crippen LogP contribution in [0, 0.1) is 5.13 Å². The van der Waals surface area contributed by atoms with Crippen molar-refractivity contribution >= 4 is 37.3 Å². The number of aromatic nitrogens is 3. The molecule has 2 heterocycles. The van der Waals surface area contributed by atoms with Crippen molar-refractivity contribution in [3.63, 3.8) is 0 Å². The summed E-state index contributed by atoms with van der Waals surface area (Å²) in [6, 6.07) is 9.31. The molecule has 0 saturated carbocycles. The first-order valence-corrected chi connectivity index (χ1v) is 10.8. The summed E-state index contributed by atoms with van der Waals surface area (Å²) >= 11 is 0.589. The molecule has 0 atom stereocenters. The average molecular weight is 448 g/mol. The lowest BCUT2D eigenvalue weighted by Crippen LogP contribution is -2.12. The molecule has 0 spiro atoms. The second-order valence-corrected chi connectivity index (χ2v) is 8.85. The van der Waals surface area contributed by atoms with Gasteiger partial charge in [-0.25, -0.2) is 17.8 Å². The van der Waals surface area contributed by atoms with E-state index in [0.717, 1.165) is 6.20 Å². The Hall–Kier alpha value is -3.18. The lowest BCUT2D eigenvalue weighted by molar-refractivity contribution is 0.413. The normalized spacial score (nSPS) is 11.6. The Bertz CT molecular complexity index is 1340. The van der Waals surface area contributed by atoms with Crippen molar-refractivity contribution in [3.8, 4) is 17.0 Å². The number of ether oxygens (including phenoxy) is 1. The number of hydrogen-bond acceptors (Lipinski definition) is 7. The van der Waals surface area contributed by atoms with Crippen LogP contribution in [0.2, 0.25) is 0 Å². The highest BCUT2D eigenvalue weighted by Crippen LogP contribution is 2.34. The Morgan fingerprint density at radius 1 is 1.17 bits per heavy atom. The summed E-state index contributed by atoms with van der Waals surface area (Å²) in [4.78, 5) is 3.63. The third-order valence-electron chi connectivity index (χ3n) is 4.32. The number of thiazole rings is 1. The third kappa shape index (κ3) is 3.81. The highest BCUT2D eigenvalue weighted by molar-refractivity contribution is 7.93. The van der Waals surface area contributed by atoms with Crippen LogP contribution >= 0.6 is 11.3 Å². The van der Waals surface area contributed by atoms with Crippen LogP contribution in [-0.4, -0.2) is 30.7 Å². The largest absolute Gasteiger partial charge is 0.496 e. The zero-order chi connectivity index (χ0) is 21.3. The predicted molar refractivity (Wildman–Crippen MR) is 109 cm³/mol. The van der Waals surface area contributed by atoms with Crippen LogP contribution < -0.4 is 9.46 Å². The first kappa shape index (κ1) is 20.1. The zero-order valence-corrected chi connectivity index (χ0v) is 17.1. The molecule has 0 bridgehead atoms. The van der Waals surface area contributed by atoms with Gasteiger partial charge in [0.25, 0.3) is 10.0 Å². The van der Waals surface area contributed by atoms with Crippen LogP contribution in [0.5, 0.6) is 5.75 Å². The number of nitrogens with zero attached hydrogens (tertiary/aromatic N) is 3. The van der Waals surface area contributed by atoms with Gasteiger partial charge in [-0.1, -0.05) is 23.5 Å². The minimum atomic E-state index is -3.97. The van der Waals surface area contributed by atoms with Gasteiger partial charge in [0.1, 0.15) is 18.1 Å². The molecule has 11 heteroatoms. The van der Waals surface area contributed by atoms with Gasteiger partial charge >= 0.3 is 0 Å². The standard InChI is InChI=1S/C19H14F2N4O3S2/c1-28-16-6-11(8-20)2-4-15(16)18-14-5-3-13(7-12(14)9-23-24-18)30(26,27)25-19-22-10-17(21)29-19/h2-7,9-10H,8H2,1H3,(H,22,25). The van der Waals surface area contributed by atoms with E-state index in [4.69, 9.17) is 4.74 Å². The van der Waals surface area contributed by atoms with Gasteiger partial charge in [0, 0.05) is 16.3 Å². The van der Waals surface area contributed by atoms with Gasteiger partial charge in [-0.05, 0) is 29.8 Å². The first-order valence-electron chi connectivity index (χ1n) is 8.54. The SMILES string of the molecule is COc1cc(CF)ccc1-c1nncc2cc(S(=O)(=O)Nc3ncc(F)s3)ccc12. The molecule has 7 nitrogen and oxygen atoms in total. The summed E-state index contributed by atoms with van der Waals surface area (Å²) in [5.74, 6) is 0.427. The van der Waals surface area contributed by atoms with Gasteiger partial charge in [0.05, 0.1) is 24.4 Å². The number of benzene rings is 2. The van der Waals surface area contributed by atoms with Gasteiger partial charge in [0.15, 0.2) is 10.3 Å². The van der Waals surface area contributed by atoms with E-state index in [1.165, 1.54) is 25.4 Å². The number of fused-ring (bicyclic) bond motifs is 1. The molecule has 0 radical (unpaired) electrons. The van der Waals surface area contributed by atoms with Crippen LogP contribution in [0.3, 0.4) is 0 Å². The lowest BCUT2D eigenvalue weighted by Gasteiger charge is -2.12. The lowest BCUT2D eigenvalue weighted by atomic mass is 10.0. The van der Waals surface area contributed by atoms with Gasteiger partial charge < -0.3 is 4.74 Å². The summed E-state index contributed by atoms with van der Waals surface area (Å²) in [6.45, 7) is -0.630. The highest BCUT2D eigenvalue weighted by atomic mass is 32.2. The molecule has 4 aromatic rings. The molecule has 2 aromatic heterocycles. The molecular formula is C19H14F2N4O3S2. The van der Waals surface area contributed by atoms with Crippen LogP contribution in [0.1, 0.15) is 5.56 Å². The molecule has 0 fully saturated rings. The minimum absolute atomic E-state index is 0.0377. The molecule has 4 rings (SSSR count). The number of nitrogens with one attached hydrogen (secondary N) is 1. The van der Waals surface area contributed by atoms with Gasteiger partial charge in [-0.3, -0.25) is 4.72 Å². The molecule has 0 amide bonds. The van der Waals surface area contributed by atoms with Gasteiger partial charge in [-0.15, -0.1) is 5.10 Å². The summed E-state index contributed by atoms with van der Waals surface area (Å²) in [5.41, 5.74) is 1.52. The Kier molecular flexibility index (Phi) is 5.31. The van der Waals surface area contributed by atoms with Crippen LogP contribution in [0.25, 0.3) is 22.0 Å². The predicted octanol–water partition coefficient (Wildman–Crippen LogP) is 4.17. The summed E-state index contributed by atoms with van der Waals surface area (Å²) in [7, 11) is -2.50. The molecular weight excluding hydrogens is 434 g/mol. The summed E-state index contributed by atoms with van der Waals surface area (Å²) in [6.07, 6.45) is 2.37. The van der Waals surface area contributed by atoms with E-state index in [9.17, 15) is 17.2 Å². The quantitative estimate of drug-likeness (QED) is 0.476. The van der Waals surface area contributed by atoms with E-state index in [1.807, 2.05) is 0 Å². The van der Waals surface area contributed by atoms with Crippen molar-refractivity contribution in [2.75, 3.05) is 11.8 Å². The number of sulfonamides is 1. The smallest absolute Gasteiger partial charge is 0.263 e. The molecule has 154 valence electrons. The second kappa shape index (κ2) is 7.92. The van der Waals surface area contributed by atoms with Gasteiger partial charge in [0.2, 0.25) is 0 Å². The molecule has 0 unspecified atom stereocenters. The summed E-state index contributed by atoms with van der Waals surface area (Å²) < 4.78 is 58.9. The van der Waals surface area contributed by atoms with Crippen molar-refractivity contribution in [3.05, 3.63) is 59.5 Å². The van der Waals surface area contributed by atoms with Crippen LogP contribution in [0.4, 0.5) is 13.9 Å². The monoisotopic (exact) mass is 448 g/mol. The van der Waals surface area contributed by atoms with E-state index in [-0.39, 0.29) is 10.0 Å². The van der Waals surface area contributed by atoms with E-state index < -0.39 is 21.8 Å². The summed E-state index contributed by atoms with van der Waals surface area (Å²) in [5, 5.41) is 8.61. The van der Waals surface area contributed by atoms with Crippen molar-refractivity contribution in [1.82, 2.24) is 15.2 Å². The van der Waals surface area contributed by atoms with Gasteiger partial charge in [-0.2, -0.15) is 9.49 Å². The average Bonchev–Trinajstić information content (AvgIpc) is 3.16. The molecule has 2 aromatic carbocycles. The van der Waals surface area contributed by atoms with Crippen LogP contribution in [-0.2, 0) is 16.7 Å². The number of halogens is 2. The number of rotatable bonds is 6. The molecule has 1 N–H and O–H groups in total. The van der Waals surface area contributed by atoms with E-state index in [0.29, 0.717) is 44.7 Å². The van der Waals surface area contributed by atoms with E-state index in [1.54, 1.807) is 24.3 Å². The van der Waals surface area contributed by atoms with E-state index in [2.05, 4.69) is 19.9 Å². The Labute approximate surface area is 174 Å². The minimum Gasteiger partial charge on any atom is -0.496 e. The van der Waals surface area contributed by atoms with Crippen molar-refractivity contribution in [2.45, 2.75) is 11.6 Å². The number of methoxy groups -OCH3 is 1. The fourth-order valence-corrected chi connectivity index (χ4v) is 4.74. The molecule has 0 aliphatic rings. The molecule has 0 saturated heterocycles. The van der Waals surface area contributed by atoms with E-state index >= 15 is 0 Å². The Morgan fingerprint density at radius 3 is 2.70 bits per heavy atom. The van der Waals surface area contributed by atoms with Crippen molar-refractivity contribution in [1.29, 1.82) is 0 Å². The fraction of sp³-hybridized carbons (Fsp3) is 0.105. The maximum absolute atomic E-state index is 13.1. The molecule has 0 aliphatic carbocycles. The van der Waals surface area contributed by atoms with Crippen molar-refractivity contribution < 1.29 is 21.9 Å². The first-order chi connectivity index (χ1) is 14.4. The topological polar surface area (TPSA) is 94.1 Å². The second-order valence-electron chi connectivity index (χ2n) is 6.19. The molecule has 0 aliphatic heterocycles. The fourth-order valence-electron chi connectivity index (χ4n) is 2.92. The maximum Gasteiger partial charge on any atom is 0.263 e. The number of anilines is 1. The van der Waals surface area contributed by atoms with Crippen molar-refractivity contribution in [2.24, 2.45) is 0 Å². The Balaban J connectivity index is 1.78. The number of hydrogen-bond donors (Lipinski definition) is 1. The zero-order valence-electron chi connectivity index (χ0n) is 15.5.